The van der Waals surface area contributed by atoms with E-state index in [4.69, 9.17) is 4.74 Å². The maximum absolute atomic E-state index is 11.1. The number of hydrogen-bond donors (Lipinski definition) is 2. The molecule has 2 rings (SSSR count). The Labute approximate surface area is 124 Å². The molecule has 0 radical (unpaired) electrons. The molecule has 6 heteroatoms. The van der Waals surface area contributed by atoms with Gasteiger partial charge in [0, 0.05) is 31.4 Å². The highest BCUT2D eigenvalue weighted by Gasteiger charge is 2.09. The summed E-state index contributed by atoms with van der Waals surface area (Å²) in [6.45, 7) is 8.31. The highest BCUT2D eigenvalue weighted by atomic mass is 32.1. The predicted molar refractivity (Wildman–Crippen MR) is 82.2 cm³/mol. The summed E-state index contributed by atoms with van der Waals surface area (Å²) in [6, 6.07) is 1.96. The third-order valence-corrected chi connectivity index (χ3v) is 4.19. The van der Waals surface area contributed by atoms with E-state index in [0.717, 1.165) is 58.0 Å². The maximum atomic E-state index is 11.1. The van der Waals surface area contributed by atoms with Gasteiger partial charge in [-0.15, -0.1) is 11.3 Å². The zero-order chi connectivity index (χ0) is 14.2. The van der Waals surface area contributed by atoms with Gasteiger partial charge < -0.3 is 15.4 Å². The number of amides is 1. The summed E-state index contributed by atoms with van der Waals surface area (Å²) in [4.78, 5) is 14.7. The van der Waals surface area contributed by atoms with Gasteiger partial charge in [0.2, 0.25) is 5.91 Å². The van der Waals surface area contributed by atoms with Crippen LogP contribution >= 0.6 is 11.3 Å². The first-order valence-electron chi connectivity index (χ1n) is 7.10. The van der Waals surface area contributed by atoms with Crippen LogP contribution in [0.5, 0.6) is 0 Å². The molecule has 5 nitrogen and oxygen atoms in total. The highest BCUT2D eigenvalue weighted by molar-refractivity contribution is 7.10. The number of rotatable bonds is 7. The van der Waals surface area contributed by atoms with E-state index in [1.54, 1.807) is 11.3 Å². The second-order valence-corrected chi connectivity index (χ2v) is 5.92. The van der Waals surface area contributed by atoms with Crippen molar-refractivity contribution in [2.75, 3.05) is 44.7 Å². The van der Waals surface area contributed by atoms with Crippen molar-refractivity contribution in [2.45, 2.75) is 19.9 Å². The predicted octanol–water partition coefficient (Wildman–Crippen LogP) is 1.52. The van der Waals surface area contributed by atoms with Crippen LogP contribution < -0.4 is 10.6 Å². The van der Waals surface area contributed by atoms with E-state index in [0.29, 0.717) is 0 Å². The Morgan fingerprint density at radius 2 is 2.25 bits per heavy atom. The fourth-order valence-corrected chi connectivity index (χ4v) is 3.03. The van der Waals surface area contributed by atoms with Crippen LogP contribution in [0, 0.1) is 0 Å². The van der Waals surface area contributed by atoms with Crippen molar-refractivity contribution in [2.24, 2.45) is 0 Å². The summed E-state index contributed by atoms with van der Waals surface area (Å²) in [5.41, 5.74) is 0.933. The van der Waals surface area contributed by atoms with Crippen molar-refractivity contribution in [3.05, 3.63) is 16.3 Å². The van der Waals surface area contributed by atoms with E-state index in [2.05, 4.69) is 15.5 Å². The van der Waals surface area contributed by atoms with Crippen LogP contribution in [0.4, 0.5) is 5.69 Å². The normalized spacial score (nSPS) is 16.2. The molecule has 1 fully saturated rings. The lowest BCUT2D eigenvalue weighted by Gasteiger charge is -2.26. The van der Waals surface area contributed by atoms with Gasteiger partial charge in [-0.3, -0.25) is 9.69 Å². The smallest absolute Gasteiger partial charge is 0.221 e. The van der Waals surface area contributed by atoms with Crippen LogP contribution in [0.25, 0.3) is 0 Å². The van der Waals surface area contributed by atoms with Crippen molar-refractivity contribution >= 4 is 22.9 Å². The second kappa shape index (κ2) is 8.36. The Kier molecular flexibility index (Phi) is 6.46. The highest BCUT2D eigenvalue weighted by Crippen LogP contribution is 2.21. The summed E-state index contributed by atoms with van der Waals surface area (Å²) in [7, 11) is 0. The van der Waals surface area contributed by atoms with E-state index < -0.39 is 0 Å². The van der Waals surface area contributed by atoms with Crippen molar-refractivity contribution in [1.29, 1.82) is 0 Å². The third-order valence-electron chi connectivity index (χ3n) is 3.27. The lowest BCUT2D eigenvalue weighted by molar-refractivity contribution is -0.114. The quantitative estimate of drug-likeness (QED) is 0.749. The lowest BCUT2D eigenvalue weighted by atomic mass is 10.3. The molecule has 1 saturated heterocycles. The molecular formula is C14H23N3O2S. The fourth-order valence-electron chi connectivity index (χ4n) is 2.23. The molecule has 0 bridgehead atoms. The van der Waals surface area contributed by atoms with Gasteiger partial charge in [-0.25, -0.2) is 0 Å². The minimum atomic E-state index is -0.0167. The molecule has 1 aromatic heterocycles. The van der Waals surface area contributed by atoms with Crippen molar-refractivity contribution < 1.29 is 9.53 Å². The Morgan fingerprint density at radius 1 is 1.45 bits per heavy atom. The summed E-state index contributed by atoms with van der Waals surface area (Å²) in [5, 5.41) is 8.31. The minimum Gasteiger partial charge on any atom is -0.379 e. The number of hydrogen-bond acceptors (Lipinski definition) is 5. The number of nitrogens with zero attached hydrogens (tertiary/aromatic N) is 1. The lowest BCUT2D eigenvalue weighted by Crippen LogP contribution is -2.37. The average molecular weight is 297 g/mol. The molecule has 0 spiro atoms. The average Bonchev–Trinajstić information content (AvgIpc) is 2.86. The second-order valence-electron chi connectivity index (χ2n) is 4.92. The first kappa shape index (κ1) is 15.4. The number of anilines is 1. The van der Waals surface area contributed by atoms with Crippen LogP contribution in [0.3, 0.4) is 0 Å². The van der Waals surface area contributed by atoms with Crippen molar-refractivity contribution in [3.8, 4) is 0 Å². The monoisotopic (exact) mass is 297 g/mol. The standard InChI is InChI=1S/C14H23N3O2S/c1-12(18)16-13-3-10-20-14(13)11-15-4-2-5-17-6-8-19-9-7-17/h3,10,15H,2,4-9,11H2,1H3,(H,16,18). The molecule has 1 aliphatic heterocycles. The topological polar surface area (TPSA) is 53.6 Å². The van der Waals surface area contributed by atoms with E-state index >= 15 is 0 Å². The Bertz CT molecular complexity index is 416. The number of carbonyl (C=O) groups is 1. The summed E-state index contributed by atoms with van der Waals surface area (Å²) < 4.78 is 5.33. The minimum absolute atomic E-state index is 0.0167. The summed E-state index contributed by atoms with van der Waals surface area (Å²) >= 11 is 1.67. The third kappa shape index (κ3) is 5.20. The van der Waals surface area contributed by atoms with Gasteiger partial charge in [0.15, 0.2) is 0 Å². The molecule has 1 aromatic rings. The van der Waals surface area contributed by atoms with Gasteiger partial charge in [0.05, 0.1) is 18.9 Å². The maximum Gasteiger partial charge on any atom is 0.221 e. The zero-order valence-corrected chi connectivity index (χ0v) is 12.8. The van der Waals surface area contributed by atoms with Crippen LogP contribution in [0.2, 0.25) is 0 Å². The van der Waals surface area contributed by atoms with Crippen LogP contribution in [0.1, 0.15) is 18.2 Å². The summed E-state index contributed by atoms with van der Waals surface area (Å²) in [6.07, 6.45) is 1.14. The van der Waals surface area contributed by atoms with Gasteiger partial charge in [-0.2, -0.15) is 0 Å². The molecule has 0 aliphatic carbocycles. The molecule has 2 N–H and O–H groups in total. The van der Waals surface area contributed by atoms with Gasteiger partial charge in [-0.1, -0.05) is 0 Å². The molecule has 112 valence electrons. The molecule has 1 amide bonds. The molecule has 0 atom stereocenters. The Balaban J connectivity index is 1.60. The number of thiophene rings is 1. The Morgan fingerprint density at radius 3 is 3.00 bits per heavy atom. The van der Waals surface area contributed by atoms with Gasteiger partial charge in [0.1, 0.15) is 0 Å². The van der Waals surface area contributed by atoms with Crippen molar-refractivity contribution in [3.63, 3.8) is 0 Å². The van der Waals surface area contributed by atoms with E-state index in [1.807, 2.05) is 11.4 Å². The summed E-state index contributed by atoms with van der Waals surface area (Å²) in [5.74, 6) is -0.0167. The van der Waals surface area contributed by atoms with E-state index in [1.165, 1.54) is 11.8 Å². The fraction of sp³-hybridized carbons (Fsp3) is 0.643. The van der Waals surface area contributed by atoms with Crippen LogP contribution in [-0.2, 0) is 16.1 Å². The molecule has 0 unspecified atom stereocenters. The molecule has 1 aliphatic rings. The first-order chi connectivity index (χ1) is 9.75. The van der Waals surface area contributed by atoms with Crippen LogP contribution in [-0.4, -0.2) is 50.2 Å². The number of morpholine rings is 1. The molecule has 20 heavy (non-hydrogen) atoms. The van der Waals surface area contributed by atoms with Crippen LogP contribution in [0.15, 0.2) is 11.4 Å². The number of nitrogens with one attached hydrogen (secondary N) is 2. The van der Waals surface area contributed by atoms with Gasteiger partial charge in [0.25, 0.3) is 0 Å². The first-order valence-corrected chi connectivity index (χ1v) is 7.98. The molecule has 0 aromatic carbocycles. The molecular weight excluding hydrogens is 274 g/mol. The number of carbonyl (C=O) groups excluding carboxylic acids is 1. The van der Waals surface area contributed by atoms with Crippen molar-refractivity contribution in [1.82, 2.24) is 10.2 Å². The molecule has 2 heterocycles. The molecule has 0 saturated carbocycles. The zero-order valence-electron chi connectivity index (χ0n) is 12.0. The van der Waals surface area contributed by atoms with Gasteiger partial charge >= 0.3 is 0 Å². The SMILES string of the molecule is CC(=O)Nc1ccsc1CNCCCN1CCOCC1. The van der Waals surface area contributed by atoms with E-state index in [9.17, 15) is 4.79 Å². The van der Waals surface area contributed by atoms with E-state index in [-0.39, 0.29) is 5.91 Å². The van der Waals surface area contributed by atoms with Gasteiger partial charge in [-0.05, 0) is 31.0 Å². The number of ether oxygens (including phenoxy) is 1. The largest absolute Gasteiger partial charge is 0.379 e. The Hall–Kier alpha value is -0.950.